The molecule has 1 heterocycles. The Morgan fingerprint density at radius 3 is 2.61 bits per heavy atom. The second-order valence-corrected chi connectivity index (χ2v) is 6.27. The first-order valence-electron chi connectivity index (χ1n) is 8.32. The molecule has 1 amide bonds. The summed E-state index contributed by atoms with van der Waals surface area (Å²) in [6.45, 7) is -3.34. The number of anilines is 1. The smallest absolute Gasteiger partial charge is 0.432 e. The van der Waals surface area contributed by atoms with Crippen LogP contribution in [0.1, 0.15) is 36.6 Å². The molecule has 28 heavy (non-hydrogen) atoms. The molecule has 0 unspecified atom stereocenters. The number of amides is 1. The highest BCUT2D eigenvalue weighted by Gasteiger charge is 2.37. The maximum absolute atomic E-state index is 13.2. The monoisotopic (exact) mass is 407 g/mol. The Balaban J connectivity index is 1.68. The number of hydrogen-bond acceptors (Lipinski definition) is 3. The van der Waals surface area contributed by atoms with Gasteiger partial charge in [0.2, 0.25) is 5.91 Å². The molecule has 0 radical (unpaired) electrons. The quantitative estimate of drug-likeness (QED) is 0.686. The predicted molar refractivity (Wildman–Crippen MR) is 85.5 cm³/mol. The molecule has 3 rings (SSSR count). The van der Waals surface area contributed by atoms with Gasteiger partial charge in [0.25, 0.3) is 0 Å². The SMILES string of the molecule is O=C(CCn1nc(C(F)(F)F)cc1C1CC1)Nc1ccc(F)cc1OC(F)F. The van der Waals surface area contributed by atoms with Crippen molar-refractivity contribution in [2.45, 2.75) is 44.5 Å². The number of ether oxygens (including phenoxy) is 1. The fourth-order valence-electron chi connectivity index (χ4n) is 2.67. The summed E-state index contributed by atoms with van der Waals surface area (Å²) >= 11 is 0. The first-order valence-corrected chi connectivity index (χ1v) is 8.32. The number of rotatable bonds is 7. The molecule has 1 aliphatic rings. The topological polar surface area (TPSA) is 56.2 Å². The molecule has 1 aliphatic carbocycles. The molecule has 11 heteroatoms. The van der Waals surface area contributed by atoms with Crippen LogP contribution in [0.3, 0.4) is 0 Å². The van der Waals surface area contributed by atoms with E-state index in [1.165, 1.54) is 0 Å². The normalized spacial score (nSPS) is 14.4. The molecule has 2 aromatic rings. The van der Waals surface area contributed by atoms with Crippen molar-refractivity contribution in [1.29, 1.82) is 0 Å². The predicted octanol–water partition coefficient (Wildman–Crippen LogP) is 4.55. The van der Waals surface area contributed by atoms with E-state index in [0.29, 0.717) is 11.8 Å². The molecule has 0 bridgehead atoms. The van der Waals surface area contributed by atoms with Crippen LogP contribution in [0.25, 0.3) is 0 Å². The van der Waals surface area contributed by atoms with E-state index in [2.05, 4.69) is 15.2 Å². The first kappa shape index (κ1) is 20.0. The van der Waals surface area contributed by atoms with E-state index in [-0.39, 0.29) is 24.6 Å². The van der Waals surface area contributed by atoms with Crippen molar-refractivity contribution in [3.63, 3.8) is 0 Å². The van der Waals surface area contributed by atoms with Crippen LogP contribution in [0.4, 0.5) is 32.0 Å². The fraction of sp³-hybridized carbons (Fsp3) is 0.412. The molecule has 1 aromatic heterocycles. The minimum absolute atomic E-state index is 0.0187. The Hall–Kier alpha value is -2.72. The van der Waals surface area contributed by atoms with E-state index < -0.39 is 36.0 Å². The van der Waals surface area contributed by atoms with Crippen LogP contribution in [0, 0.1) is 5.82 Å². The van der Waals surface area contributed by atoms with Gasteiger partial charge >= 0.3 is 12.8 Å². The van der Waals surface area contributed by atoms with Gasteiger partial charge in [0.05, 0.1) is 5.69 Å². The average molecular weight is 407 g/mol. The van der Waals surface area contributed by atoms with E-state index in [0.717, 1.165) is 35.7 Å². The average Bonchev–Trinajstić information content (AvgIpc) is 3.33. The van der Waals surface area contributed by atoms with Crippen LogP contribution in [-0.2, 0) is 17.5 Å². The van der Waals surface area contributed by atoms with Crippen LogP contribution in [0.15, 0.2) is 24.3 Å². The van der Waals surface area contributed by atoms with Gasteiger partial charge in [0.15, 0.2) is 11.4 Å². The molecule has 0 aliphatic heterocycles. The van der Waals surface area contributed by atoms with E-state index >= 15 is 0 Å². The van der Waals surface area contributed by atoms with Crippen molar-refractivity contribution in [2.75, 3.05) is 5.32 Å². The van der Waals surface area contributed by atoms with Crippen LogP contribution >= 0.6 is 0 Å². The van der Waals surface area contributed by atoms with Gasteiger partial charge in [0.1, 0.15) is 5.82 Å². The minimum Gasteiger partial charge on any atom is -0.432 e. The Morgan fingerprint density at radius 2 is 2.00 bits per heavy atom. The summed E-state index contributed by atoms with van der Waals surface area (Å²) in [7, 11) is 0. The minimum atomic E-state index is -4.59. The van der Waals surface area contributed by atoms with E-state index in [4.69, 9.17) is 0 Å². The lowest BCUT2D eigenvalue weighted by Gasteiger charge is -2.12. The summed E-state index contributed by atoms with van der Waals surface area (Å²) in [5, 5.41) is 5.82. The fourth-order valence-corrected chi connectivity index (χ4v) is 2.67. The zero-order valence-corrected chi connectivity index (χ0v) is 14.3. The number of nitrogens with zero attached hydrogens (tertiary/aromatic N) is 2. The molecule has 1 fully saturated rings. The van der Waals surface area contributed by atoms with E-state index in [9.17, 15) is 31.1 Å². The molecule has 1 aromatic carbocycles. The molecule has 5 nitrogen and oxygen atoms in total. The van der Waals surface area contributed by atoms with Gasteiger partial charge in [-0.3, -0.25) is 9.48 Å². The van der Waals surface area contributed by atoms with E-state index in [1.54, 1.807) is 0 Å². The Labute approximate surface area is 155 Å². The summed E-state index contributed by atoms with van der Waals surface area (Å²) < 4.78 is 81.9. The third-order valence-electron chi connectivity index (χ3n) is 4.08. The lowest BCUT2D eigenvalue weighted by atomic mass is 10.2. The van der Waals surface area contributed by atoms with Gasteiger partial charge in [-0.15, -0.1) is 0 Å². The molecular formula is C17H15F6N3O2. The maximum atomic E-state index is 13.2. The van der Waals surface area contributed by atoms with Gasteiger partial charge in [-0.2, -0.15) is 27.1 Å². The standard InChI is InChI=1S/C17H15F6N3O2/c18-10-3-4-11(13(7-10)28-16(19)20)24-15(27)5-6-26-12(9-1-2-9)8-14(25-26)17(21,22)23/h3-4,7-9,16H,1-2,5-6H2,(H,24,27). The van der Waals surface area contributed by atoms with Crippen LogP contribution in [0.5, 0.6) is 5.75 Å². The van der Waals surface area contributed by atoms with Crippen molar-refractivity contribution < 1.29 is 35.9 Å². The van der Waals surface area contributed by atoms with Crippen LogP contribution in [0.2, 0.25) is 0 Å². The maximum Gasteiger partial charge on any atom is 0.435 e. The molecule has 152 valence electrons. The number of aromatic nitrogens is 2. The number of aryl methyl sites for hydroxylation is 1. The Bertz CT molecular complexity index is 861. The number of carbonyl (C=O) groups excluding carboxylic acids is 1. The molecular weight excluding hydrogens is 392 g/mol. The number of benzene rings is 1. The third kappa shape index (κ3) is 4.96. The lowest BCUT2D eigenvalue weighted by Crippen LogP contribution is -2.17. The molecule has 0 atom stereocenters. The zero-order chi connectivity index (χ0) is 20.5. The van der Waals surface area contributed by atoms with Crippen molar-refractivity contribution in [3.05, 3.63) is 41.5 Å². The van der Waals surface area contributed by atoms with Crippen LogP contribution < -0.4 is 10.1 Å². The van der Waals surface area contributed by atoms with Gasteiger partial charge in [-0.25, -0.2) is 4.39 Å². The van der Waals surface area contributed by atoms with Gasteiger partial charge < -0.3 is 10.1 Å². The van der Waals surface area contributed by atoms with E-state index in [1.807, 2.05) is 0 Å². The summed E-state index contributed by atoms with van der Waals surface area (Å²) in [5.74, 6) is -2.08. The van der Waals surface area contributed by atoms with Gasteiger partial charge in [-0.1, -0.05) is 0 Å². The number of halogens is 6. The molecule has 1 saturated carbocycles. The van der Waals surface area contributed by atoms with Gasteiger partial charge in [0, 0.05) is 30.6 Å². The number of alkyl halides is 5. The second-order valence-electron chi connectivity index (χ2n) is 6.27. The second kappa shape index (κ2) is 7.72. The molecule has 0 spiro atoms. The van der Waals surface area contributed by atoms with Crippen molar-refractivity contribution >= 4 is 11.6 Å². The summed E-state index contributed by atoms with van der Waals surface area (Å²) in [5.41, 5.74) is -0.796. The molecule has 0 saturated heterocycles. The first-order chi connectivity index (χ1) is 13.1. The van der Waals surface area contributed by atoms with Crippen molar-refractivity contribution in [3.8, 4) is 5.75 Å². The number of carbonyl (C=O) groups is 1. The zero-order valence-electron chi connectivity index (χ0n) is 14.3. The molecule has 1 N–H and O–H groups in total. The Morgan fingerprint density at radius 1 is 1.29 bits per heavy atom. The number of hydrogen-bond donors (Lipinski definition) is 1. The highest BCUT2D eigenvalue weighted by atomic mass is 19.4. The third-order valence-corrected chi connectivity index (χ3v) is 4.08. The van der Waals surface area contributed by atoms with Crippen molar-refractivity contribution in [1.82, 2.24) is 9.78 Å². The van der Waals surface area contributed by atoms with Crippen LogP contribution in [-0.4, -0.2) is 22.3 Å². The lowest BCUT2D eigenvalue weighted by molar-refractivity contribution is -0.141. The largest absolute Gasteiger partial charge is 0.435 e. The highest BCUT2D eigenvalue weighted by Crippen LogP contribution is 2.42. The highest BCUT2D eigenvalue weighted by molar-refractivity contribution is 5.92. The summed E-state index contributed by atoms with van der Waals surface area (Å²) in [4.78, 5) is 12.1. The number of nitrogens with one attached hydrogen (secondary N) is 1. The Kier molecular flexibility index (Phi) is 5.52. The summed E-state index contributed by atoms with van der Waals surface area (Å²) in [6.07, 6.45) is -3.35. The van der Waals surface area contributed by atoms with Crippen molar-refractivity contribution in [2.24, 2.45) is 0 Å². The van der Waals surface area contributed by atoms with Gasteiger partial charge in [-0.05, 0) is 31.0 Å². The summed E-state index contributed by atoms with van der Waals surface area (Å²) in [6, 6.07) is 3.67.